The zero-order valence-corrected chi connectivity index (χ0v) is 18.0. The Morgan fingerprint density at radius 3 is 2.90 bits per heavy atom. The predicted molar refractivity (Wildman–Crippen MR) is 112 cm³/mol. The van der Waals surface area contributed by atoms with Gasteiger partial charge in [-0.1, -0.05) is 0 Å². The smallest absolute Gasteiger partial charge is 0.222 e. The molecule has 2 fully saturated rings. The molecule has 7 heteroatoms. The number of amides is 2. The number of hydrogen-bond donors (Lipinski definition) is 1. The summed E-state index contributed by atoms with van der Waals surface area (Å²) in [5.41, 5.74) is -0.111. The zero-order chi connectivity index (χ0) is 21.6. The van der Waals surface area contributed by atoms with Crippen LogP contribution in [0.5, 0.6) is 5.75 Å². The third-order valence-corrected chi connectivity index (χ3v) is 6.32. The van der Waals surface area contributed by atoms with E-state index in [0.717, 1.165) is 25.9 Å². The summed E-state index contributed by atoms with van der Waals surface area (Å²) in [6.07, 6.45) is 6.58. The van der Waals surface area contributed by atoms with Gasteiger partial charge in [-0.15, -0.1) is 0 Å². The Hall–Kier alpha value is -2.15. The molecule has 0 saturated carbocycles. The Morgan fingerprint density at radius 2 is 2.23 bits per heavy atom. The molecular weight excluding hydrogens is 387 g/mol. The molecule has 0 spiro atoms. The first-order chi connectivity index (χ1) is 14.4. The van der Waals surface area contributed by atoms with Gasteiger partial charge in [0.1, 0.15) is 11.6 Å². The lowest BCUT2D eigenvalue weighted by Crippen LogP contribution is -2.45. The molecular formula is C23H33FN2O4. The fourth-order valence-electron chi connectivity index (χ4n) is 4.39. The standard InChI is InChI=1S/C23H33FN2O4/c1-26(13-10-18-5-3-4-14-30-18)22(28)9-12-23(11-8-21(27)25-23)16-17-15-19(29-2)6-7-20(17)24/h6-7,15,18H,3-5,8-14,16H2,1-2H3,(H,25,27)/t18-,23-/m1/s1. The Balaban J connectivity index is 1.58. The molecule has 0 radical (unpaired) electrons. The number of carbonyl (C=O) groups excluding carboxylic acids is 2. The van der Waals surface area contributed by atoms with E-state index in [1.165, 1.54) is 19.6 Å². The highest BCUT2D eigenvalue weighted by molar-refractivity contribution is 5.80. The molecule has 6 nitrogen and oxygen atoms in total. The molecule has 1 aromatic carbocycles. The summed E-state index contributed by atoms with van der Waals surface area (Å²) in [4.78, 5) is 26.4. The largest absolute Gasteiger partial charge is 0.497 e. The zero-order valence-electron chi connectivity index (χ0n) is 18.0. The topological polar surface area (TPSA) is 67.9 Å². The van der Waals surface area contributed by atoms with E-state index in [9.17, 15) is 14.0 Å². The first-order valence-electron chi connectivity index (χ1n) is 10.9. The molecule has 2 saturated heterocycles. The monoisotopic (exact) mass is 420 g/mol. The van der Waals surface area contributed by atoms with Gasteiger partial charge in [0.05, 0.1) is 13.2 Å². The second kappa shape index (κ2) is 10.2. The molecule has 2 amide bonds. The van der Waals surface area contributed by atoms with E-state index in [1.807, 2.05) is 7.05 Å². The van der Waals surface area contributed by atoms with Crippen molar-refractivity contribution in [1.29, 1.82) is 0 Å². The van der Waals surface area contributed by atoms with Crippen molar-refractivity contribution < 1.29 is 23.5 Å². The van der Waals surface area contributed by atoms with Crippen LogP contribution in [0, 0.1) is 5.82 Å². The van der Waals surface area contributed by atoms with E-state index in [4.69, 9.17) is 9.47 Å². The minimum absolute atomic E-state index is 0.0393. The van der Waals surface area contributed by atoms with E-state index in [1.54, 1.807) is 17.0 Å². The van der Waals surface area contributed by atoms with E-state index < -0.39 is 5.54 Å². The molecule has 0 unspecified atom stereocenters. The Morgan fingerprint density at radius 1 is 1.40 bits per heavy atom. The number of methoxy groups -OCH3 is 1. The van der Waals surface area contributed by atoms with Crippen LogP contribution < -0.4 is 10.1 Å². The Bertz CT molecular complexity index is 751. The lowest BCUT2D eigenvalue weighted by Gasteiger charge is -2.31. The number of hydrogen-bond acceptors (Lipinski definition) is 4. The summed E-state index contributed by atoms with van der Waals surface area (Å²) in [7, 11) is 3.35. The van der Waals surface area contributed by atoms with Crippen molar-refractivity contribution in [2.45, 2.75) is 69.4 Å². The molecule has 2 aliphatic heterocycles. The molecule has 0 aliphatic carbocycles. The summed E-state index contributed by atoms with van der Waals surface area (Å²) in [6, 6.07) is 4.62. The average molecular weight is 421 g/mol. The van der Waals surface area contributed by atoms with E-state index >= 15 is 0 Å². The number of rotatable bonds is 9. The van der Waals surface area contributed by atoms with Crippen LogP contribution in [0.4, 0.5) is 4.39 Å². The van der Waals surface area contributed by atoms with Crippen molar-refractivity contribution in [3.05, 3.63) is 29.6 Å². The Kier molecular flexibility index (Phi) is 7.69. The van der Waals surface area contributed by atoms with Gasteiger partial charge in [0, 0.05) is 38.6 Å². The SMILES string of the molecule is COc1ccc(F)c(C[C@]2(CCC(=O)N(C)CC[C@H]3CCCCO3)CCC(=O)N2)c1. The maximum absolute atomic E-state index is 14.4. The second-order valence-electron chi connectivity index (χ2n) is 8.56. The molecule has 1 N–H and O–H groups in total. The third-order valence-electron chi connectivity index (χ3n) is 6.32. The lowest BCUT2D eigenvalue weighted by atomic mass is 9.84. The molecule has 2 heterocycles. The maximum Gasteiger partial charge on any atom is 0.222 e. The van der Waals surface area contributed by atoms with Gasteiger partial charge in [-0.25, -0.2) is 4.39 Å². The normalized spacial score (nSPS) is 23.8. The lowest BCUT2D eigenvalue weighted by molar-refractivity contribution is -0.131. The van der Waals surface area contributed by atoms with Crippen molar-refractivity contribution in [1.82, 2.24) is 10.2 Å². The number of carbonyl (C=O) groups is 2. The van der Waals surface area contributed by atoms with Crippen molar-refractivity contribution in [2.24, 2.45) is 0 Å². The van der Waals surface area contributed by atoms with Gasteiger partial charge >= 0.3 is 0 Å². The molecule has 166 valence electrons. The number of nitrogens with zero attached hydrogens (tertiary/aromatic N) is 1. The van der Waals surface area contributed by atoms with Crippen LogP contribution in [0.1, 0.15) is 56.9 Å². The highest BCUT2D eigenvalue weighted by Crippen LogP contribution is 2.32. The number of ether oxygens (including phenoxy) is 2. The second-order valence-corrected chi connectivity index (χ2v) is 8.56. The fraction of sp³-hybridized carbons (Fsp3) is 0.652. The minimum atomic E-state index is -0.604. The van der Waals surface area contributed by atoms with Gasteiger partial charge in [0.2, 0.25) is 11.8 Å². The van der Waals surface area contributed by atoms with E-state index in [0.29, 0.717) is 50.0 Å². The molecule has 2 atom stereocenters. The Labute approximate surface area is 178 Å². The molecule has 30 heavy (non-hydrogen) atoms. The first-order valence-corrected chi connectivity index (χ1v) is 10.9. The number of halogens is 1. The predicted octanol–water partition coefficient (Wildman–Crippen LogP) is 3.22. The molecule has 1 aromatic rings. The summed E-state index contributed by atoms with van der Waals surface area (Å²) < 4.78 is 25.3. The first kappa shape index (κ1) is 22.5. The summed E-state index contributed by atoms with van der Waals surface area (Å²) in [5.74, 6) is 0.241. The van der Waals surface area contributed by atoms with Gasteiger partial charge in [0.25, 0.3) is 0 Å². The van der Waals surface area contributed by atoms with Crippen LogP contribution in [-0.4, -0.2) is 55.7 Å². The highest BCUT2D eigenvalue weighted by Gasteiger charge is 2.38. The number of nitrogens with one attached hydrogen (secondary N) is 1. The van der Waals surface area contributed by atoms with E-state index in [-0.39, 0.29) is 23.7 Å². The average Bonchev–Trinajstić information content (AvgIpc) is 3.13. The molecule has 0 aromatic heterocycles. The molecule has 3 rings (SSSR count). The highest BCUT2D eigenvalue weighted by atomic mass is 19.1. The number of benzene rings is 1. The third kappa shape index (κ3) is 5.94. The fourth-order valence-corrected chi connectivity index (χ4v) is 4.39. The van der Waals surface area contributed by atoms with Crippen molar-refractivity contribution >= 4 is 11.8 Å². The van der Waals surface area contributed by atoms with Crippen molar-refractivity contribution in [2.75, 3.05) is 27.3 Å². The van der Waals surface area contributed by atoms with Gasteiger partial charge in [-0.3, -0.25) is 9.59 Å². The van der Waals surface area contributed by atoms with Crippen molar-refractivity contribution in [3.63, 3.8) is 0 Å². The summed E-state index contributed by atoms with van der Waals surface area (Å²) in [6.45, 7) is 1.47. The summed E-state index contributed by atoms with van der Waals surface area (Å²) in [5, 5.41) is 3.02. The van der Waals surface area contributed by atoms with E-state index in [2.05, 4.69) is 5.32 Å². The van der Waals surface area contributed by atoms with Crippen LogP contribution in [0.15, 0.2) is 18.2 Å². The van der Waals surface area contributed by atoms with Gasteiger partial charge in [0.15, 0.2) is 0 Å². The van der Waals surface area contributed by atoms with Crippen LogP contribution in [0.3, 0.4) is 0 Å². The van der Waals surface area contributed by atoms with Crippen LogP contribution in [-0.2, 0) is 20.7 Å². The van der Waals surface area contributed by atoms with Crippen LogP contribution >= 0.6 is 0 Å². The van der Waals surface area contributed by atoms with Crippen molar-refractivity contribution in [3.8, 4) is 5.75 Å². The summed E-state index contributed by atoms with van der Waals surface area (Å²) >= 11 is 0. The molecule has 2 aliphatic rings. The van der Waals surface area contributed by atoms with Gasteiger partial charge in [-0.05, 0) is 68.7 Å². The quantitative estimate of drug-likeness (QED) is 0.666. The molecule has 0 bridgehead atoms. The van der Waals surface area contributed by atoms with Crippen LogP contribution in [0.25, 0.3) is 0 Å². The minimum Gasteiger partial charge on any atom is -0.497 e. The maximum atomic E-state index is 14.4. The van der Waals surface area contributed by atoms with Gasteiger partial charge in [-0.2, -0.15) is 0 Å². The van der Waals surface area contributed by atoms with Gasteiger partial charge < -0.3 is 19.7 Å². The van der Waals surface area contributed by atoms with Crippen LogP contribution in [0.2, 0.25) is 0 Å².